The van der Waals surface area contributed by atoms with Crippen LogP contribution in [-0.2, 0) is 14.9 Å². The molecule has 0 saturated carbocycles. The van der Waals surface area contributed by atoms with Gasteiger partial charge in [-0.15, -0.1) is 0 Å². The summed E-state index contributed by atoms with van der Waals surface area (Å²) < 4.78 is 25.0. The van der Waals surface area contributed by atoms with Gasteiger partial charge < -0.3 is 4.90 Å². The van der Waals surface area contributed by atoms with Crippen LogP contribution in [0.25, 0.3) is 0 Å². The highest BCUT2D eigenvalue weighted by atomic mass is 32.2. The summed E-state index contributed by atoms with van der Waals surface area (Å²) in [4.78, 5) is 19.5. The van der Waals surface area contributed by atoms with E-state index in [0.717, 1.165) is 23.9 Å². The number of rotatable bonds is 7. The lowest BCUT2D eigenvalue weighted by Gasteiger charge is -2.14. The molecule has 0 aromatic heterocycles. The van der Waals surface area contributed by atoms with Crippen molar-refractivity contribution in [3.05, 3.63) is 29.8 Å². The third-order valence-electron chi connectivity index (χ3n) is 3.77. The fraction of sp³-hybridized carbons (Fsp3) is 0.533. The number of hydroxylamine groups is 1. The largest absolute Gasteiger partial charge is 0.301 e. The zero-order chi connectivity index (χ0) is 16.9. The van der Waals surface area contributed by atoms with Gasteiger partial charge in [0.15, 0.2) is 0 Å². The van der Waals surface area contributed by atoms with Gasteiger partial charge in [-0.1, -0.05) is 0 Å². The van der Waals surface area contributed by atoms with Gasteiger partial charge in [0.25, 0.3) is 5.91 Å². The van der Waals surface area contributed by atoms with E-state index in [-0.39, 0.29) is 10.8 Å². The molecule has 23 heavy (non-hydrogen) atoms. The van der Waals surface area contributed by atoms with E-state index in [2.05, 4.69) is 10.4 Å². The van der Waals surface area contributed by atoms with E-state index in [1.165, 1.54) is 51.2 Å². The molecule has 1 aromatic carbocycles. The molecule has 0 spiro atoms. The first-order valence-electron chi connectivity index (χ1n) is 7.58. The van der Waals surface area contributed by atoms with Crippen LogP contribution < -0.4 is 5.48 Å². The van der Waals surface area contributed by atoms with Crippen molar-refractivity contribution in [3.63, 3.8) is 0 Å². The minimum Gasteiger partial charge on any atom is -0.301 e. The lowest BCUT2D eigenvalue weighted by molar-refractivity contribution is 0.0244. The standard InChI is InChI=1S/C15H23N3O4S/c1-17(2)23(20,21)14-7-5-13(6-8-14)15(19)16-22-12-11-18-9-3-4-10-18/h5-8H,3-4,9-12H2,1-2H3,(H,16,19). The van der Waals surface area contributed by atoms with Gasteiger partial charge in [0.1, 0.15) is 0 Å². The van der Waals surface area contributed by atoms with Crippen LogP contribution in [0.1, 0.15) is 23.2 Å². The van der Waals surface area contributed by atoms with Crippen LogP contribution >= 0.6 is 0 Å². The van der Waals surface area contributed by atoms with Gasteiger partial charge in [-0.2, -0.15) is 0 Å². The van der Waals surface area contributed by atoms with Crippen molar-refractivity contribution < 1.29 is 18.0 Å². The van der Waals surface area contributed by atoms with Gasteiger partial charge in [0.05, 0.1) is 11.5 Å². The number of nitrogens with one attached hydrogen (secondary N) is 1. The van der Waals surface area contributed by atoms with Crippen molar-refractivity contribution in [2.75, 3.05) is 40.3 Å². The zero-order valence-electron chi connectivity index (χ0n) is 13.5. The van der Waals surface area contributed by atoms with E-state index in [1.54, 1.807) is 0 Å². The van der Waals surface area contributed by atoms with E-state index in [9.17, 15) is 13.2 Å². The number of likely N-dealkylation sites (tertiary alicyclic amines) is 1. The Labute approximate surface area is 137 Å². The third-order valence-corrected chi connectivity index (χ3v) is 5.60. The molecule has 1 fully saturated rings. The number of hydrogen-bond donors (Lipinski definition) is 1. The van der Waals surface area contributed by atoms with Crippen molar-refractivity contribution in [3.8, 4) is 0 Å². The van der Waals surface area contributed by atoms with Crippen molar-refractivity contribution in [1.82, 2.24) is 14.7 Å². The summed E-state index contributed by atoms with van der Waals surface area (Å²) in [6.45, 7) is 3.39. The van der Waals surface area contributed by atoms with Gasteiger partial charge in [-0.05, 0) is 50.2 Å². The Morgan fingerprint density at radius 1 is 1.22 bits per heavy atom. The maximum atomic E-state index is 11.9. The normalized spacial score (nSPS) is 16.0. The minimum atomic E-state index is -3.48. The number of carbonyl (C=O) groups excluding carboxylic acids is 1. The van der Waals surface area contributed by atoms with Gasteiger partial charge in [0, 0.05) is 26.2 Å². The molecule has 1 amide bonds. The number of carbonyl (C=O) groups is 1. The Morgan fingerprint density at radius 3 is 2.39 bits per heavy atom. The molecule has 0 atom stereocenters. The Kier molecular flexibility index (Phi) is 6.11. The van der Waals surface area contributed by atoms with Crippen LogP contribution in [0, 0.1) is 0 Å². The van der Waals surface area contributed by atoms with Gasteiger partial charge in [-0.3, -0.25) is 9.63 Å². The number of hydrogen-bond acceptors (Lipinski definition) is 5. The summed E-state index contributed by atoms with van der Waals surface area (Å²) in [5.74, 6) is -0.389. The van der Waals surface area contributed by atoms with Crippen LogP contribution in [0.5, 0.6) is 0 Å². The maximum Gasteiger partial charge on any atom is 0.274 e. The molecular formula is C15H23N3O4S. The van der Waals surface area contributed by atoms with Gasteiger partial charge in [-0.25, -0.2) is 18.2 Å². The number of nitrogens with zero attached hydrogens (tertiary/aromatic N) is 2. The summed E-state index contributed by atoms with van der Waals surface area (Å²) >= 11 is 0. The lowest BCUT2D eigenvalue weighted by Crippen LogP contribution is -2.30. The number of sulfonamides is 1. The van der Waals surface area contributed by atoms with Crippen LogP contribution in [0.4, 0.5) is 0 Å². The fourth-order valence-electron chi connectivity index (χ4n) is 2.35. The summed E-state index contributed by atoms with van der Waals surface area (Å²) in [6.07, 6.45) is 2.43. The molecule has 128 valence electrons. The molecular weight excluding hydrogens is 318 g/mol. The van der Waals surface area contributed by atoms with Crippen molar-refractivity contribution in [2.45, 2.75) is 17.7 Å². The first-order valence-corrected chi connectivity index (χ1v) is 9.02. The van der Waals surface area contributed by atoms with E-state index >= 15 is 0 Å². The quantitative estimate of drug-likeness (QED) is 0.583. The van der Waals surface area contributed by atoms with E-state index in [1.807, 2.05) is 0 Å². The van der Waals surface area contributed by atoms with Crippen molar-refractivity contribution >= 4 is 15.9 Å². The number of amides is 1. The lowest BCUT2D eigenvalue weighted by atomic mass is 10.2. The second-order valence-electron chi connectivity index (χ2n) is 5.64. The fourth-order valence-corrected chi connectivity index (χ4v) is 3.25. The Morgan fingerprint density at radius 2 is 1.83 bits per heavy atom. The topological polar surface area (TPSA) is 79.0 Å². The van der Waals surface area contributed by atoms with Gasteiger partial charge >= 0.3 is 0 Å². The highest BCUT2D eigenvalue weighted by Crippen LogP contribution is 2.14. The Balaban J connectivity index is 1.83. The highest BCUT2D eigenvalue weighted by molar-refractivity contribution is 7.89. The molecule has 1 aromatic rings. The first-order chi connectivity index (χ1) is 10.9. The molecule has 1 heterocycles. The second-order valence-corrected chi connectivity index (χ2v) is 7.79. The summed E-state index contributed by atoms with van der Waals surface area (Å²) in [7, 11) is -0.560. The Bertz CT molecular complexity index is 623. The van der Waals surface area contributed by atoms with E-state index in [0.29, 0.717) is 12.2 Å². The van der Waals surface area contributed by atoms with E-state index in [4.69, 9.17) is 4.84 Å². The van der Waals surface area contributed by atoms with Crippen LogP contribution in [0.2, 0.25) is 0 Å². The van der Waals surface area contributed by atoms with Crippen LogP contribution in [0.3, 0.4) is 0 Å². The molecule has 2 rings (SSSR count). The van der Waals surface area contributed by atoms with Crippen molar-refractivity contribution in [2.24, 2.45) is 0 Å². The van der Waals surface area contributed by atoms with Crippen LogP contribution in [0.15, 0.2) is 29.2 Å². The summed E-state index contributed by atoms with van der Waals surface area (Å²) in [5.41, 5.74) is 2.73. The zero-order valence-corrected chi connectivity index (χ0v) is 14.3. The molecule has 7 nitrogen and oxygen atoms in total. The smallest absolute Gasteiger partial charge is 0.274 e. The predicted molar refractivity (Wildman–Crippen MR) is 86.4 cm³/mol. The third kappa shape index (κ3) is 4.74. The molecule has 0 unspecified atom stereocenters. The molecule has 1 aliphatic heterocycles. The first kappa shape index (κ1) is 17.9. The molecule has 0 radical (unpaired) electrons. The second kappa shape index (κ2) is 7.87. The molecule has 1 N–H and O–H groups in total. The number of benzene rings is 1. The van der Waals surface area contributed by atoms with Crippen molar-refractivity contribution in [1.29, 1.82) is 0 Å². The molecule has 1 aliphatic rings. The summed E-state index contributed by atoms with van der Waals surface area (Å²) in [5, 5.41) is 0. The maximum absolute atomic E-state index is 11.9. The highest BCUT2D eigenvalue weighted by Gasteiger charge is 2.17. The average Bonchev–Trinajstić information content (AvgIpc) is 3.04. The van der Waals surface area contributed by atoms with Gasteiger partial charge in [0.2, 0.25) is 10.0 Å². The minimum absolute atomic E-state index is 0.147. The van der Waals surface area contributed by atoms with E-state index < -0.39 is 10.0 Å². The molecule has 1 saturated heterocycles. The average molecular weight is 341 g/mol. The summed E-state index contributed by atoms with van der Waals surface area (Å²) in [6, 6.07) is 5.76. The van der Waals surface area contributed by atoms with Crippen LogP contribution in [-0.4, -0.2) is 63.9 Å². The molecule has 0 bridgehead atoms. The monoisotopic (exact) mass is 341 g/mol. The molecule has 0 aliphatic carbocycles. The molecule has 8 heteroatoms. The Hall–Kier alpha value is -1.48. The SMILES string of the molecule is CN(C)S(=O)(=O)c1ccc(C(=O)NOCCN2CCCC2)cc1. The predicted octanol–water partition coefficient (Wildman–Crippen LogP) is 0.694.